The molecule has 3 aromatic rings. The lowest BCUT2D eigenvalue weighted by Crippen LogP contribution is -3.10. The molecule has 0 saturated heterocycles. The van der Waals surface area contributed by atoms with E-state index < -0.39 is 5.91 Å². The van der Waals surface area contributed by atoms with E-state index in [0.29, 0.717) is 12.2 Å². The lowest BCUT2D eigenvalue weighted by molar-refractivity contribution is -0.910. The molecule has 0 aliphatic heterocycles. The number of nitrogens with one attached hydrogen (secondary N) is 2. The highest BCUT2D eigenvalue weighted by atomic mass is 16.6. The van der Waals surface area contributed by atoms with Crippen molar-refractivity contribution in [2.75, 3.05) is 18.8 Å². The number of nitrogens with two attached hydrogens (primary N) is 1. The van der Waals surface area contributed by atoms with Crippen LogP contribution in [0.25, 0.3) is 5.82 Å². The first kappa shape index (κ1) is 27.8. The molecule has 12 heteroatoms. The highest BCUT2D eigenvalue weighted by molar-refractivity contribution is 5.94. The van der Waals surface area contributed by atoms with E-state index in [4.69, 9.17) is 10.4 Å². The van der Waals surface area contributed by atoms with E-state index in [2.05, 4.69) is 45.0 Å². The zero-order valence-electron chi connectivity index (χ0n) is 22.9. The van der Waals surface area contributed by atoms with Crippen molar-refractivity contribution in [1.82, 2.24) is 30.7 Å². The molecule has 200 valence electrons. The maximum absolute atomic E-state index is 13.1. The van der Waals surface area contributed by atoms with Gasteiger partial charge in [-0.2, -0.15) is 9.78 Å². The Morgan fingerprint density at radius 2 is 1.73 bits per heavy atom. The van der Waals surface area contributed by atoms with Gasteiger partial charge in [0.05, 0.1) is 19.3 Å². The number of phenolic OH excluding ortho intramolecular Hbond substituents is 1. The molecular weight excluding hydrogens is 474 g/mol. The Hall–Kier alpha value is -3.80. The lowest BCUT2D eigenvalue weighted by Gasteiger charge is -2.27. The average Bonchev–Trinajstić information content (AvgIpc) is 3.42. The van der Waals surface area contributed by atoms with Gasteiger partial charge in [0.25, 0.3) is 5.91 Å². The summed E-state index contributed by atoms with van der Waals surface area (Å²) in [7, 11) is 0. The number of aromatic nitrogens is 5. The van der Waals surface area contributed by atoms with Crippen LogP contribution in [-0.4, -0.2) is 55.6 Å². The van der Waals surface area contributed by atoms with Crippen LogP contribution >= 0.6 is 0 Å². The maximum Gasteiger partial charge on any atom is 0.294 e. The number of aromatic hydroxyl groups is 1. The highest BCUT2D eigenvalue weighted by Gasteiger charge is 2.28. The van der Waals surface area contributed by atoms with Crippen molar-refractivity contribution in [2.45, 2.75) is 72.8 Å². The number of quaternary nitrogens is 1. The van der Waals surface area contributed by atoms with Crippen LogP contribution in [0.4, 0.5) is 5.82 Å². The molecule has 3 rings (SSSR count). The summed E-state index contributed by atoms with van der Waals surface area (Å²) >= 11 is 0. The number of carbonyl (C=O) groups is 1. The topological polar surface area (TPSA) is 162 Å². The first-order valence-electron chi connectivity index (χ1n) is 12.4. The van der Waals surface area contributed by atoms with Crippen molar-refractivity contribution in [3.63, 3.8) is 0 Å². The standard InChI is InChI=1S/C25H37N9O3/c1-9-33(10-2)14-18-19(28-32-34(18)22-21(26)30-37-31-22)23(36)29-27-13-15-11-16(24(3,4)5)20(35)17(12-15)25(6,7)8/h11-13,35H,9-10,14H2,1-8H3,(H2,26,30)(H,29,36)/p+1/b27-13+. The minimum Gasteiger partial charge on any atom is -0.507 e. The van der Waals surface area contributed by atoms with Crippen LogP contribution in [0, 0.1) is 0 Å². The van der Waals surface area contributed by atoms with Crippen molar-refractivity contribution in [3.8, 4) is 11.6 Å². The Kier molecular flexibility index (Phi) is 8.01. The SMILES string of the molecule is CC[NH+](CC)Cc1c(C(=O)N/N=C/c2cc(C(C)(C)C)c(O)c(C(C)(C)C)c2)nnn1-c1nonc1N. The summed E-state index contributed by atoms with van der Waals surface area (Å²) in [5, 5.41) is 30.7. The number of phenols is 1. The van der Waals surface area contributed by atoms with Gasteiger partial charge < -0.3 is 15.7 Å². The Morgan fingerprint density at radius 3 is 2.22 bits per heavy atom. The number of anilines is 1. The Morgan fingerprint density at radius 1 is 1.14 bits per heavy atom. The van der Waals surface area contributed by atoms with Crippen molar-refractivity contribution in [1.29, 1.82) is 0 Å². The van der Waals surface area contributed by atoms with Gasteiger partial charge in [-0.3, -0.25) is 4.79 Å². The number of benzene rings is 1. The number of hydrazone groups is 1. The third-order valence-electron chi connectivity index (χ3n) is 6.22. The van der Waals surface area contributed by atoms with Crippen LogP contribution < -0.4 is 16.1 Å². The summed E-state index contributed by atoms with van der Waals surface area (Å²) in [6, 6.07) is 3.76. The fraction of sp³-hybridized carbons (Fsp3) is 0.520. The van der Waals surface area contributed by atoms with Crippen molar-refractivity contribution in [3.05, 3.63) is 40.2 Å². The van der Waals surface area contributed by atoms with E-state index in [9.17, 15) is 9.90 Å². The summed E-state index contributed by atoms with van der Waals surface area (Å²) in [6.07, 6.45) is 1.56. The van der Waals surface area contributed by atoms with Crippen molar-refractivity contribution >= 4 is 17.9 Å². The predicted molar refractivity (Wildman–Crippen MR) is 140 cm³/mol. The molecule has 0 atom stereocenters. The van der Waals surface area contributed by atoms with Crippen LogP contribution in [-0.2, 0) is 17.4 Å². The average molecular weight is 513 g/mol. The second-order valence-corrected chi connectivity index (χ2v) is 11.1. The summed E-state index contributed by atoms with van der Waals surface area (Å²) < 4.78 is 6.08. The van der Waals surface area contributed by atoms with E-state index in [0.717, 1.165) is 29.8 Å². The highest BCUT2D eigenvalue weighted by Crippen LogP contribution is 2.39. The minimum atomic E-state index is -0.523. The zero-order chi connectivity index (χ0) is 27.5. The van der Waals surface area contributed by atoms with E-state index in [1.165, 1.54) is 9.58 Å². The van der Waals surface area contributed by atoms with Crippen LogP contribution in [0.1, 0.15) is 88.3 Å². The maximum atomic E-state index is 13.1. The van der Waals surface area contributed by atoms with Crippen LogP contribution in [0.5, 0.6) is 5.75 Å². The second-order valence-electron chi connectivity index (χ2n) is 11.1. The number of amides is 1. The molecule has 0 unspecified atom stereocenters. The van der Waals surface area contributed by atoms with Gasteiger partial charge in [0.2, 0.25) is 11.6 Å². The van der Waals surface area contributed by atoms with Gasteiger partial charge in [0.15, 0.2) is 5.69 Å². The molecule has 1 amide bonds. The van der Waals surface area contributed by atoms with E-state index >= 15 is 0 Å². The van der Waals surface area contributed by atoms with Gasteiger partial charge in [0.1, 0.15) is 18.0 Å². The largest absolute Gasteiger partial charge is 0.507 e. The molecule has 2 heterocycles. The third kappa shape index (κ3) is 6.13. The van der Waals surface area contributed by atoms with Crippen molar-refractivity contribution < 1.29 is 19.4 Å². The molecule has 0 saturated carbocycles. The first-order chi connectivity index (χ1) is 17.3. The van der Waals surface area contributed by atoms with Gasteiger partial charge in [-0.15, -0.1) is 5.10 Å². The molecule has 0 fully saturated rings. The smallest absolute Gasteiger partial charge is 0.294 e. The zero-order valence-corrected chi connectivity index (χ0v) is 22.9. The Labute approximate surface area is 216 Å². The summed E-state index contributed by atoms with van der Waals surface area (Å²) in [5.41, 5.74) is 10.8. The number of hydrogen-bond donors (Lipinski definition) is 4. The quantitative estimate of drug-likeness (QED) is 0.262. The molecule has 37 heavy (non-hydrogen) atoms. The molecule has 2 aromatic heterocycles. The van der Waals surface area contributed by atoms with Crippen LogP contribution in [0.2, 0.25) is 0 Å². The molecule has 0 aliphatic rings. The number of nitrogen functional groups attached to an aromatic ring is 1. The van der Waals surface area contributed by atoms with Gasteiger partial charge >= 0.3 is 0 Å². The molecule has 0 bridgehead atoms. The molecule has 5 N–H and O–H groups in total. The van der Waals surface area contributed by atoms with Gasteiger partial charge in [-0.05, 0) is 52.7 Å². The predicted octanol–water partition coefficient (Wildman–Crippen LogP) is 1.72. The third-order valence-corrected chi connectivity index (χ3v) is 6.22. The minimum absolute atomic E-state index is 0.0438. The van der Waals surface area contributed by atoms with Crippen LogP contribution in [0.15, 0.2) is 21.9 Å². The number of nitrogens with zero attached hydrogens (tertiary/aromatic N) is 6. The second kappa shape index (κ2) is 10.7. The van der Waals surface area contributed by atoms with Gasteiger partial charge in [-0.1, -0.05) is 46.8 Å². The normalized spacial score (nSPS) is 12.6. The molecule has 12 nitrogen and oxygen atoms in total. The molecule has 0 spiro atoms. The van der Waals surface area contributed by atoms with E-state index in [1.54, 1.807) is 6.21 Å². The number of carbonyl (C=O) groups excluding carboxylic acids is 1. The fourth-order valence-electron chi connectivity index (χ4n) is 3.97. The Balaban J connectivity index is 1.93. The van der Waals surface area contributed by atoms with E-state index in [1.807, 2.05) is 53.7 Å². The molecule has 1 aromatic carbocycles. The van der Waals surface area contributed by atoms with E-state index in [-0.39, 0.29) is 33.9 Å². The Bertz CT molecular complexity index is 1240. The van der Waals surface area contributed by atoms with Crippen LogP contribution in [0.3, 0.4) is 0 Å². The first-order valence-corrected chi connectivity index (χ1v) is 12.4. The summed E-state index contributed by atoms with van der Waals surface area (Å²) in [5.74, 6) is -0.0275. The van der Waals surface area contributed by atoms with Crippen molar-refractivity contribution in [2.24, 2.45) is 5.10 Å². The summed E-state index contributed by atoms with van der Waals surface area (Å²) in [4.78, 5) is 14.3. The van der Waals surface area contributed by atoms with Gasteiger partial charge in [-0.25, -0.2) is 10.1 Å². The van der Waals surface area contributed by atoms with Gasteiger partial charge in [0, 0.05) is 11.1 Å². The number of rotatable bonds is 8. The number of hydrogen-bond acceptors (Lipinski definition) is 9. The fourth-order valence-corrected chi connectivity index (χ4v) is 3.97. The molecule has 0 radical (unpaired) electrons. The molecular formula is C25H38N9O3+. The lowest BCUT2D eigenvalue weighted by atomic mass is 9.78. The molecule has 0 aliphatic carbocycles. The summed E-state index contributed by atoms with van der Waals surface area (Å²) in [6.45, 7) is 18.5. The monoisotopic (exact) mass is 512 g/mol.